The van der Waals surface area contributed by atoms with E-state index in [1.165, 1.54) is 25.3 Å². The van der Waals surface area contributed by atoms with Crippen LogP contribution in [0.1, 0.15) is 68.1 Å². The molecule has 1 amide bonds. The summed E-state index contributed by atoms with van der Waals surface area (Å²) < 4.78 is 1.67. The van der Waals surface area contributed by atoms with Gasteiger partial charge in [-0.2, -0.15) is 0 Å². The van der Waals surface area contributed by atoms with Crippen LogP contribution in [-0.4, -0.2) is 51.1 Å². The first kappa shape index (κ1) is 24.8. The Bertz CT molecular complexity index is 1290. The van der Waals surface area contributed by atoms with Crippen LogP contribution >= 0.6 is 0 Å². The van der Waals surface area contributed by atoms with Crippen molar-refractivity contribution < 1.29 is 9.90 Å². The van der Waals surface area contributed by atoms with Crippen molar-refractivity contribution in [2.75, 3.05) is 30.3 Å². The molecule has 2 heterocycles. The Kier molecular flexibility index (Phi) is 7.12. The van der Waals surface area contributed by atoms with E-state index in [1.807, 2.05) is 19.1 Å². The smallest absolute Gasteiger partial charge is 0.289 e. The fourth-order valence-electron chi connectivity index (χ4n) is 5.51. The molecule has 2 aromatic carbocycles. The van der Waals surface area contributed by atoms with Gasteiger partial charge in [-0.05, 0) is 69.4 Å². The number of aromatic nitrogens is 3. The van der Waals surface area contributed by atoms with Gasteiger partial charge in [0, 0.05) is 60.0 Å². The van der Waals surface area contributed by atoms with E-state index in [0.29, 0.717) is 40.6 Å². The fourth-order valence-corrected chi connectivity index (χ4v) is 5.51. The average molecular weight is 502 g/mol. The lowest BCUT2D eigenvalue weighted by atomic mass is 9.92. The molecular weight excluding hydrogens is 466 g/mol. The molecule has 1 aromatic heterocycles. The molecule has 0 atom stereocenters. The molecule has 0 bridgehead atoms. The second-order valence-electron chi connectivity index (χ2n) is 9.96. The quantitative estimate of drug-likeness (QED) is 0.278. The number of phenolic OH excluding ortho intramolecular Hbond substituents is 1. The van der Waals surface area contributed by atoms with Crippen LogP contribution in [0.4, 0.5) is 11.4 Å². The molecule has 9 nitrogen and oxygen atoms in total. The monoisotopic (exact) mass is 501 g/mol. The lowest BCUT2D eigenvalue weighted by molar-refractivity contribution is 0.0943. The zero-order chi connectivity index (χ0) is 25.9. The van der Waals surface area contributed by atoms with Gasteiger partial charge >= 0.3 is 0 Å². The van der Waals surface area contributed by atoms with Crippen LogP contribution in [0.15, 0.2) is 36.4 Å². The molecule has 1 aliphatic heterocycles. The van der Waals surface area contributed by atoms with Gasteiger partial charge in [-0.15, -0.1) is 10.2 Å². The minimum absolute atomic E-state index is 0.0680. The van der Waals surface area contributed by atoms with Crippen LogP contribution in [0.25, 0.3) is 17.1 Å². The number of nitrogen functional groups attached to an aromatic ring is 1. The molecular formula is C28H35N7O2. The lowest BCUT2D eigenvalue weighted by Crippen LogP contribution is -2.29. The summed E-state index contributed by atoms with van der Waals surface area (Å²) in [6.45, 7) is 4.37. The van der Waals surface area contributed by atoms with Crippen LogP contribution in [-0.2, 0) is 0 Å². The second kappa shape index (κ2) is 10.6. The van der Waals surface area contributed by atoms with Crippen LogP contribution in [0.3, 0.4) is 0 Å². The third-order valence-electron chi connectivity index (χ3n) is 7.49. The molecule has 1 aliphatic carbocycles. The first-order chi connectivity index (χ1) is 18.0. The maximum absolute atomic E-state index is 12.9. The minimum Gasteiger partial charge on any atom is -0.507 e. The number of carbonyl (C=O) groups excluding carboxylic acids is 1. The number of hydrogen-bond acceptors (Lipinski definition) is 7. The molecule has 2 aliphatic rings. The van der Waals surface area contributed by atoms with Gasteiger partial charge in [0.2, 0.25) is 5.82 Å². The van der Waals surface area contributed by atoms with E-state index in [4.69, 9.17) is 11.1 Å². The molecule has 0 radical (unpaired) electrons. The van der Waals surface area contributed by atoms with Crippen molar-refractivity contribution in [2.24, 2.45) is 5.92 Å². The van der Waals surface area contributed by atoms with Crippen molar-refractivity contribution in [3.8, 4) is 22.8 Å². The van der Waals surface area contributed by atoms with Crippen molar-refractivity contribution in [3.63, 3.8) is 0 Å². The van der Waals surface area contributed by atoms with Gasteiger partial charge in [0.15, 0.2) is 5.82 Å². The highest BCUT2D eigenvalue weighted by molar-refractivity contribution is 6.05. The van der Waals surface area contributed by atoms with Crippen LogP contribution in [0.2, 0.25) is 0 Å². The summed E-state index contributed by atoms with van der Waals surface area (Å²) in [7, 11) is 0. The number of nitrogens with two attached hydrogens (primary N) is 1. The number of amides is 1. The summed E-state index contributed by atoms with van der Waals surface area (Å²) in [5.41, 5.74) is 9.93. The molecule has 1 saturated heterocycles. The van der Waals surface area contributed by atoms with Crippen molar-refractivity contribution in [1.82, 2.24) is 20.1 Å². The Morgan fingerprint density at radius 1 is 1.05 bits per heavy atom. The molecule has 9 heteroatoms. The average Bonchev–Trinajstić information content (AvgIpc) is 3.60. The summed E-state index contributed by atoms with van der Waals surface area (Å²) in [5.74, 6) is 0.193. The lowest BCUT2D eigenvalue weighted by Gasteiger charge is -2.29. The summed E-state index contributed by atoms with van der Waals surface area (Å²) >= 11 is 0. The Labute approximate surface area is 217 Å². The zero-order valence-corrected chi connectivity index (χ0v) is 21.3. The van der Waals surface area contributed by atoms with Crippen molar-refractivity contribution >= 4 is 23.0 Å². The summed E-state index contributed by atoms with van der Waals surface area (Å²) in [6, 6.07) is 11.2. The SMILES string of the molecule is CCNC(=O)c1nnc(-c2cc(C(=N)C3CCCC3)c(N)cc2O)n1-c1ccc(N2CCCCC2)cc1. The molecule has 0 unspecified atom stereocenters. The molecule has 3 aromatic rings. The molecule has 2 fully saturated rings. The minimum atomic E-state index is -0.352. The van der Waals surface area contributed by atoms with Crippen molar-refractivity contribution in [1.29, 1.82) is 5.41 Å². The van der Waals surface area contributed by atoms with Gasteiger partial charge in [0.05, 0.1) is 5.56 Å². The van der Waals surface area contributed by atoms with E-state index in [2.05, 4.69) is 32.5 Å². The Morgan fingerprint density at radius 3 is 2.41 bits per heavy atom. The highest BCUT2D eigenvalue weighted by atomic mass is 16.3. The Hall–Kier alpha value is -3.88. The second-order valence-corrected chi connectivity index (χ2v) is 9.96. The number of aromatic hydroxyl groups is 1. The van der Waals surface area contributed by atoms with Crippen LogP contribution < -0.4 is 16.0 Å². The molecule has 37 heavy (non-hydrogen) atoms. The Balaban J connectivity index is 1.58. The van der Waals surface area contributed by atoms with E-state index >= 15 is 0 Å². The number of piperidine rings is 1. The third kappa shape index (κ3) is 4.90. The Morgan fingerprint density at radius 2 is 1.73 bits per heavy atom. The summed E-state index contributed by atoms with van der Waals surface area (Å²) in [6.07, 6.45) is 7.79. The standard InChI is InChI=1S/C28H35N7O2/c1-2-31-28(37)27-33-32-26(35(27)20-12-10-19(11-13-20)34-14-6-3-7-15-34)22-16-21(23(29)17-24(22)36)25(30)18-8-4-5-9-18/h10-13,16-18,30,36H,2-9,14-15,29H2,1H3,(H,31,37). The molecule has 0 spiro atoms. The number of nitrogens with one attached hydrogen (secondary N) is 2. The molecule has 5 rings (SSSR count). The first-order valence-corrected chi connectivity index (χ1v) is 13.3. The van der Waals surface area contributed by atoms with Gasteiger partial charge < -0.3 is 26.5 Å². The zero-order valence-electron chi connectivity index (χ0n) is 21.3. The molecule has 194 valence electrons. The highest BCUT2D eigenvalue weighted by Gasteiger charge is 2.27. The van der Waals surface area contributed by atoms with Crippen LogP contribution in [0.5, 0.6) is 5.75 Å². The van der Waals surface area contributed by atoms with Crippen molar-refractivity contribution in [2.45, 2.75) is 51.9 Å². The predicted octanol–water partition coefficient (Wildman–Crippen LogP) is 4.52. The first-order valence-electron chi connectivity index (χ1n) is 13.3. The van der Waals surface area contributed by atoms with Gasteiger partial charge in [-0.25, -0.2) is 0 Å². The normalized spacial score (nSPS) is 16.2. The number of benzene rings is 2. The summed E-state index contributed by atoms with van der Waals surface area (Å²) in [4.78, 5) is 15.3. The fraction of sp³-hybridized carbons (Fsp3) is 0.429. The van der Waals surface area contributed by atoms with E-state index in [-0.39, 0.29) is 23.4 Å². The topological polar surface area (TPSA) is 133 Å². The van der Waals surface area contributed by atoms with E-state index in [1.54, 1.807) is 10.6 Å². The number of nitrogens with zero attached hydrogens (tertiary/aromatic N) is 4. The van der Waals surface area contributed by atoms with Gasteiger partial charge in [0.1, 0.15) is 5.75 Å². The maximum atomic E-state index is 12.9. The van der Waals surface area contributed by atoms with Gasteiger partial charge in [0.25, 0.3) is 5.91 Å². The largest absolute Gasteiger partial charge is 0.507 e. The van der Waals surface area contributed by atoms with Crippen LogP contribution in [0, 0.1) is 11.3 Å². The number of anilines is 2. The van der Waals surface area contributed by atoms with Crippen molar-refractivity contribution in [3.05, 3.63) is 47.8 Å². The van der Waals surface area contributed by atoms with Gasteiger partial charge in [-0.3, -0.25) is 9.36 Å². The molecule has 5 N–H and O–H groups in total. The number of carbonyl (C=O) groups is 1. The maximum Gasteiger partial charge on any atom is 0.289 e. The van der Waals surface area contributed by atoms with E-state index in [0.717, 1.165) is 44.5 Å². The summed E-state index contributed by atoms with van der Waals surface area (Å²) in [5, 5.41) is 31.1. The predicted molar refractivity (Wildman–Crippen MR) is 146 cm³/mol. The van der Waals surface area contributed by atoms with Gasteiger partial charge in [-0.1, -0.05) is 12.8 Å². The number of hydrogen-bond donors (Lipinski definition) is 4. The molecule has 1 saturated carbocycles. The van der Waals surface area contributed by atoms with E-state index < -0.39 is 0 Å². The van der Waals surface area contributed by atoms with E-state index in [9.17, 15) is 9.90 Å². The third-order valence-corrected chi connectivity index (χ3v) is 7.49. The number of rotatable bonds is 7. The highest BCUT2D eigenvalue weighted by Crippen LogP contribution is 2.37. The number of phenols is 1.